The molecule has 1 heterocycles. The number of aliphatic hydroxyl groups is 1. The van der Waals surface area contributed by atoms with Crippen molar-refractivity contribution in [1.82, 2.24) is 5.32 Å². The van der Waals surface area contributed by atoms with Crippen LogP contribution < -0.4 is 5.32 Å². The van der Waals surface area contributed by atoms with Gasteiger partial charge in [-0.2, -0.15) is 0 Å². The summed E-state index contributed by atoms with van der Waals surface area (Å²) in [6.45, 7) is 4.55. The molecule has 2 N–H and O–H groups in total. The summed E-state index contributed by atoms with van der Waals surface area (Å²) in [5.41, 5.74) is 0.266. The third-order valence-electron chi connectivity index (χ3n) is 5.99. The van der Waals surface area contributed by atoms with Gasteiger partial charge in [0.15, 0.2) is 0 Å². The lowest BCUT2D eigenvalue weighted by Gasteiger charge is -2.52. The molecule has 1 saturated carbocycles. The van der Waals surface area contributed by atoms with Gasteiger partial charge in [-0.15, -0.1) is 0 Å². The summed E-state index contributed by atoms with van der Waals surface area (Å²) in [6.07, 6.45) is 16.6. The average Bonchev–Trinajstić information content (AvgIpc) is 2.47. The first-order valence-corrected chi connectivity index (χ1v) is 9.67. The van der Waals surface area contributed by atoms with Gasteiger partial charge in [0.05, 0.1) is 6.10 Å². The van der Waals surface area contributed by atoms with Crippen LogP contribution in [0.25, 0.3) is 0 Å². The minimum atomic E-state index is -0.0628. The summed E-state index contributed by atoms with van der Waals surface area (Å²) in [5.74, 6) is 0.500. The smallest absolute Gasteiger partial charge is 0.0586 e. The van der Waals surface area contributed by atoms with Crippen molar-refractivity contribution in [2.75, 3.05) is 0 Å². The van der Waals surface area contributed by atoms with Crippen LogP contribution in [0.2, 0.25) is 0 Å². The van der Waals surface area contributed by atoms with E-state index in [1.165, 1.54) is 77.0 Å². The van der Waals surface area contributed by atoms with Gasteiger partial charge in [-0.3, -0.25) is 0 Å². The highest BCUT2D eigenvalue weighted by Gasteiger charge is 2.46. The van der Waals surface area contributed by atoms with Crippen LogP contribution >= 0.6 is 0 Å². The Balaban J connectivity index is 1.98. The molecule has 2 nitrogen and oxygen atoms in total. The Labute approximate surface area is 132 Å². The summed E-state index contributed by atoms with van der Waals surface area (Å²) in [5, 5.41) is 14.6. The molecule has 1 aliphatic carbocycles. The number of piperidine rings is 1. The molecule has 0 aromatic heterocycles. The predicted molar refractivity (Wildman–Crippen MR) is 90.5 cm³/mol. The molecule has 1 spiro atoms. The van der Waals surface area contributed by atoms with Crippen molar-refractivity contribution in [1.29, 1.82) is 0 Å². The molecular formula is C19H37NO. The fourth-order valence-electron chi connectivity index (χ4n) is 4.84. The third-order valence-corrected chi connectivity index (χ3v) is 5.99. The lowest BCUT2D eigenvalue weighted by Crippen LogP contribution is -2.62. The van der Waals surface area contributed by atoms with Crippen LogP contribution in [-0.2, 0) is 0 Å². The van der Waals surface area contributed by atoms with Crippen molar-refractivity contribution < 1.29 is 5.11 Å². The van der Waals surface area contributed by atoms with Gasteiger partial charge in [0.2, 0.25) is 0 Å². The predicted octanol–water partition coefficient (Wildman–Crippen LogP) is 4.80. The summed E-state index contributed by atoms with van der Waals surface area (Å²) in [7, 11) is 0. The molecule has 2 heteroatoms. The van der Waals surface area contributed by atoms with E-state index in [9.17, 15) is 5.11 Å². The van der Waals surface area contributed by atoms with Crippen LogP contribution in [0.1, 0.15) is 97.3 Å². The van der Waals surface area contributed by atoms with Crippen LogP contribution in [-0.4, -0.2) is 22.8 Å². The van der Waals surface area contributed by atoms with Gasteiger partial charge >= 0.3 is 0 Å². The molecular weight excluding hydrogens is 258 g/mol. The first-order valence-electron chi connectivity index (χ1n) is 9.67. The molecule has 2 rings (SSSR count). The molecule has 21 heavy (non-hydrogen) atoms. The zero-order valence-corrected chi connectivity index (χ0v) is 14.4. The van der Waals surface area contributed by atoms with E-state index in [-0.39, 0.29) is 11.6 Å². The van der Waals surface area contributed by atoms with E-state index in [1.54, 1.807) is 0 Å². The molecule has 0 aromatic rings. The second-order valence-electron chi connectivity index (χ2n) is 7.59. The number of rotatable bonds is 7. The summed E-state index contributed by atoms with van der Waals surface area (Å²) >= 11 is 0. The summed E-state index contributed by atoms with van der Waals surface area (Å²) in [4.78, 5) is 0. The first-order chi connectivity index (χ1) is 10.2. The van der Waals surface area contributed by atoms with Crippen LogP contribution in [0, 0.1) is 5.92 Å². The van der Waals surface area contributed by atoms with Gasteiger partial charge in [-0.1, -0.05) is 52.4 Å². The maximum Gasteiger partial charge on any atom is 0.0586 e. The Kier molecular flexibility index (Phi) is 7.01. The van der Waals surface area contributed by atoms with Gasteiger partial charge in [0.1, 0.15) is 0 Å². The van der Waals surface area contributed by atoms with E-state index in [4.69, 9.17) is 0 Å². The van der Waals surface area contributed by atoms with Crippen molar-refractivity contribution >= 4 is 0 Å². The number of unbranched alkanes of at least 4 members (excludes halogenated alkanes) is 3. The highest BCUT2D eigenvalue weighted by molar-refractivity contribution is 5.04. The maximum absolute atomic E-state index is 10.6. The van der Waals surface area contributed by atoms with Crippen molar-refractivity contribution in [2.45, 2.75) is 115 Å². The van der Waals surface area contributed by atoms with Crippen molar-refractivity contribution in [3.63, 3.8) is 0 Å². The zero-order valence-electron chi connectivity index (χ0n) is 14.4. The first kappa shape index (κ1) is 17.3. The van der Waals surface area contributed by atoms with E-state index >= 15 is 0 Å². The fraction of sp³-hybridized carbons (Fsp3) is 1.00. The van der Waals surface area contributed by atoms with E-state index in [0.29, 0.717) is 12.0 Å². The second-order valence-corrected chi connectivity index (χ2v) is 7.59. The monoisotopic (exact) mass is 295 g/mol. The van der Waals surface area contributed by atoms with Gasteiger partial charge in [-0.25, -0.2) is 0 Å². The molecule has 0 radical (unpaired) electrons. The molecule has 1 aliphatic heterocycles. The Bertz CT molecular complexity index is 289. The molecule has 124 valence electrons. The molecule has 2 aliphatic rings. The van der Waals surface area contributed by atoms with E-state index in [0.717, 1.165) is 6.42 Å². The van der Waals surface area contributed by atoms with Gasteiger partial charge < -0.3 is 10.4 Å². The Morgan fingerprint density at radius 1 is 0.952 bits per heavy atom. The van der Waals surface area contributed by atoms with Gasteiger partial charge in [-0.05, 0) is 44.9 Å². The lowest BCUT2D eigenvalue weighted by atomic mass is 9.64. The molecule has 0 bridgehead atoms. The maximum atomic E-state index is 10.6. The highest BCUT2D eigenvalue weighted by atomic mass is 16.3. The zero-order chi connectivity index (χ0) is 15.1. The second kappa shape index (κ2) is 8.53. The molecule has 0 amide bonds. The standard InChI is InChI=1S/C19H37NO/c1-3-5-7-10-16-11-8-14-19(20-16)15-9-13-18(21)17(19)12-6-4-2/h16-18,20-21H,3-15H2,1-2H3. The summed E-state index contributed by atoms with van der Waals surface area (Å²) < 4.78 is 0. The largest absolute Gasteiger partial charge is 0.393 e. The normalized spacial score (nSPS) is 37.0. The molecule has 4 unspecified atom stereocenters. The van der Waals surface area contributed by atoms with Crippen LogP contribution in [0.5, 0.6) is 0 Å². The minimum absolute atomic E-state index is 0.0628. The van der Waals surface area contributed by atoms with Crippen LogP contribution in [0.4, 0.5) is 0 Å². The number of nitrogens with one attached hydrogen (secondary N) is 1. The Hall–Kier alpha value is -0.0800. The molecule has 1 saturated heterocycles. The Morgan fingerprint density at radius 2 is 1.67 bits per heavy atom. The summed E-state index contributed by atoms with van der Waals surface area (Å²) in [6, 6.07) is 0.708. The van der Waals surface area contributed by atoms with Crippen molar-refractivity contribution in [3.05, 3.63) is 0 Å². The molecule has 0 aromatic carbocycles. The molecule has 2 fully saturated rings. The Morgan fingerprint density at radius 3 is 2.38 bits per heavy atom. The number of aliphatic hydroxyl groups excluding tert-OH is 1. The van der Waals surface area contributed by atoms with Gasteiger partial charge in [0, 0.05) is 17.5 Å². The van der Waals surface area contributed by atoms with Crippen LogP contribution in [0.3, 0.4) is 0 Å². The molecule has 4 atom stereocenters. The minimum Gasteiger partial charge on any atom is -0.393 e. The number of hydrogen-bond donors (Lipinski definition) is 2. The topological polar surface area (TPSA) is 32.3 Å². The SMILES string of the molecule is CCCCCC1CCCC2(CCCC(O)C2CCCC)N1. The van der Waals surface area contributed by atoms with E-state index in [2.05, 4.69) is 19.2 Å². The fourth-order valence-corrected chi connectivity index (χ4v) is 4.84. The van der Waals surface area contributed by atoms with Gasteiger partial charge in [0.25, 0.3) is 0 Å². The van der Waals surface area contributed by atoms with E-state index in [1.807, 2.05) is 0 Å². The quantitative estimate of drug-likeness (QED) is 0.661. The lowest BCUT2D eigenvalue weighted by molar-refractivity contribution is -0.0257. The van der Waals surface area contributed by atoms with Crippen molar-refractivity contribution in [3.8, 4) is 0 Å². The van der Waals surface area contributed by atoms with Crippen molar-refractivity contribution in [2.24, 2.45) is 5.92 Å². The highest BCUT2D eigenvalue weighted by Crippen LogP contribution is 2.43. The average molecular weight is 296 g/mol. The number of hydrogen-bond acceptors (Lipinski definition) is 2. The van der Waals surface area contributed by atoms with Crippen LogP contribution in [0.15, 0.2) is 0 Å². The third kappa shape index (κ3) is 4.45. The van der Waals surface area contributed by atoms with E-state index < -0.39 is 0 Å².